The van der Waals surface area contributed by atoms with Crippen molar-refractivity contribution in [3.8, 4) is 11.8 Å². The zero-order valence-electron chi connectivity index (χ0n) is 17.5. The number of benzene rings is 2. The van der Waals surface area contributed by atoms with Crippen LogP contribution in [0.1, 0.15) is 36.0 Å². The van der Waals surface area contributed by atoms with Crippen LogP contribution >= 0.6 is 0 Å². The fourth-order valence-corrected chi connectivity index (χ4v) is 2.42. The molecule has 0 aliphatic heterocycles. The van der Waals surface area contributed by atoms with Crippen molar-refractivity contribution in [2.45, 2.75) is 34.2 Å². The van der Waals surface area contributed by atoms with Gasteiger partial charge in [-0.3, -0.25) is 4.90 Å². The van der Waals surface area contributed by atoms with Gasteiger partial charge in [0.2, 0.25) is 0 Å². The highest BCUT2D eigenvalue weighted by atomic mass is 15.1. The van der Waals surface area contributed by atoms with Crippen LogP contribution in [0.5, 0.6) is 0 Å². The first-order valence-corrected chi connectivity index (χ1v) is 7.98. The van der Waals surface area contributed by atoms with Crippen molar-refractivity contribution in [2.75, 3.05) is 13.5 Å². The predicted molar refractivity (Wildman–Crippen MR) is 101 cm³/mol. The summed E-state index contributed by atoms with van der Waals surface area (Å²) in [6.45, 7) is 6.76. The lowest BCUT2D eigenvalue weighted by Crippen LogP contribution is -2.17. The molecule has 0 spiro atoms. The minimum absolute atomic E-state index is 0.0606. The maximum absolute atomic E-state index is 7.86. The number of nitrogens with zero attached hydrogens (tertiary/aromatic N) is 1. The first-order valence-electron chi connectivity index (χ1n) is 9.48. The van der Waals surface area contributed by atoms with E-state index in [1.165, 1.54) is 15.8 Å². The first kappa shape index (κ1) is 13.4. The lowest BCUT2D eigenvalue weighted by Gasteiger charge is -2.16. The molecule has 1 nitrogen and oxygen atoms in total. The smallest absolute Gasteiger partial charge is 0.0394 e. The Morgan fingerprint density at radius 2 is 1.87 bits per heavy atom. The molecule has 2 rings (SSSR count). The highest BCUT2D eigenvalue weighted by molar-refractivity contribution is 5.88. The number of fused-ring (bicyclic) bond motifs is 1. The monoisotopic (exact) mass is 308 g/mol. The third-order valence-electron chi connectivity index (χ3n) is 3.57. The van der Waals surface area contributed by atoms with Gasteiger partial charge in [-0.25, -0.2) is 0 Å². The number of likely N-dealkylation sites (N-methyl/N-ethyl adjacent to an activating group) is 1. The molecule has 0 N–H and O–H groups in total. The van der Waals surface area contributed by atoms with Crippen molar-refractivity contribution in [3.63, 3.8) is 0 Å². The van der Waals surface area contributed by atoms with Crippen LogP contribution < -0.4 is 0 Å². The predicted octanol–water partition coefficient (Wildman–Crippen LogP) is 5.19. The van der Waals surface area contributed by atoms with E-state index < -0.39 is 6.98 Å². The van der Waals surface area contributed by atoms with Gasteiger partial charge in [-0.1, -0.05) is 54.3 Å². The Balaban J connectivity index is 2.23. The van der Waals surface area contributed by atoms with Crippen LogP contribution in [0.4, 0.5) is 0 Å². The van der Waals surface area contributed by atoms with Crippen molar-refractivity contribution in [1.82, 2.24) is 4.90 Å². The topological polar surface area (TPSA) is 3.24 Å². The van der Waals surface area contributed by atoms with Crippen LogP contribution in [0.2, 0.25) is 0 Å². The van der Waals surface area contributed by atoms with Crippen LogP contribution in [0.3, 0.4) is 0 Å². The van der Waals surface area contributed by atoms with E-state index in [9.17, 15) is 0 Å². The molecule has 2 aromatic carbocycles. The Bertz CT molecular complexity index is 846. The highest BCUT2D eigenvalue weighted by Crippen LogP contribution is 2.23. The number of allylic oxidation sites excluding steroid dienone is 1. The van der Waals surface area contributed by atoms with Crippen LogP contribution in [0, 0.1) is 24.2 Å². The largest absolute Gasteiger partial charge is 0.298 e. The fraction of sp³-hybridized carbons (Fsp3) is 0.364. The molecule has 0 heterocycles. The average Bonchev–Trinajstić information content (AvgIpc) is 2.54. The minimum atomic E-state index is -2.16. The van der Waals surface area contributed by atoms with E-state index in [1.54, 1.807) is 6.08 Å². The summed E-state index contributed by atoms with van der Waals surface area (Å²) in [5.41, 5.74) is 2.16. The normalized spacial score (nSPS) is 14.4. The molecule has 0 radical (unpaired) electrons. The lowest BCUT2D eigenvalue weighted by atomic mass is 9.98. The summed E-state index contributed by atoms with van der Waals surface area (Å²) in [5.74, 6) is 6.11. The summed E-state index contributed by atoms with van der Waals surface area (Å²) in [6, 6.07) is 12.2. The molecular weight excluding hydrogens is 278 g/mol. The van der Waals surface area contributed by atoms with Gasteiger partial charge in [-0.05, 0) is 62.6 Å². The third kappa shape index (κ3) is 5.27. The van der Waals surface area contributed by atoms with Gasteiger partial charge in [-0.15, -0.1) is 0 Å². The van der Waals surface area contributed by atoms with Gasteiger partial charge in [-0.2, -0.15) is 0 Å². The summed E-state index contributed by atoms with van der Waals surface area (Å²) < 4.78 is 23.6. The van der Waals surface area contributed by atoms with Gasteiger partial charge in [0.1, 0.15) is 0 Å². The Hall–Kier alpha value is -2.04. The average molecular weight is 308 g/mol. The lowest BCUT2D eigenvalue weighted by molar-refractivity contribution is 0.365. The van der Waals surface area contributed by atoms with Crippen molar-refractivity contribution in [2.24, 2.45) is 5.41 Å². The number of rotatable bonds is 4. The van der Waals surface area contributed by atoms with E-state index in [2.05, 4.69) is 37.0 Å². The van der Waals surface area contributed by atoms with E-state index in [0.29, 0.717) is 13.1 Å². The molecule has 0 saturated carbocycles. The van der Waals surface area contributed by atoms with Crippen molar-refractivity contribution in [3.05, 3.63) is 59.7 Å². The quantitative estimate of drug-likeness (QED) is 0.703. The van der Waals surface area contributed by atoms with Crippen molar-refractivity contribution in [1.29, 1.82) is 0 Å². The first-order chi connectivity index (χ1) is 12.1. The van der Waals surface area contributed by atoms with Crippen LogP contribution in [-0.4, -0.2) is 18.4 Å². The van der Waals surface area contributed by atoms with E-state index in [1.807, 2.05) is 45.0 Å². The molecule has 1 heteroatoms. The highest BCUT2D eigenvalue weighted by Gasteiger charge is 2.05. The third-order valence-corrected chi connectivity index (χ3v) is 3.57. The number of hydrogen-bond acceptors (Lipinski definition) is 1. The molecule has 0 unspecified atom stereocenters. The number of aryl methyl sites for hydroxylation is 1. The van der Waals surface area contributed by atoms with Crippen molar-refractivity contribution < 1.29 is 4.11 Å². The van der Waals surface area contributed by atoms with E-state index >= 15 is 0 Å². The zero-order valence-corrected chi connectivity index (χ0v) is 14.5. The molecule has 0 aliphatic rings. The second kappa shape index (κ2) is 7.49. The molecule has 0 fully saturated rings. The van der Waals surface area contributed by atoms with Crippen LogP contribution in [0.15, 0.2) is 48.6 Å². The summed E-state index contributed by atoms with van der Waals surface area (Å²) in [4.78, 5) is 1.50. The molecule has 23 heavy (non-hydrogen) atoms. The van der Waals surface area contributed by atoms with E-state index in [-0.39, 0.29) is 5.41 Å². The van der Waals surface area contributed by atoms with Gasteiger partial charge in [0, 0.05) is 22.6 Å². The Kier molecular flexibility index (Phi) is 4.36. The molecule has 0 aromatic heterocycles. The molecular formula is C22H27N. The molecule has 0 bridgehead atoms. The summed E-state index contributed by atoms with van der Waals surface area (Å²) in [5, 5.41) is 2.28. The molecule has 0 atom stereocenters. The maximum Gasteiger partial charge on any atom is 0.0394 e. The summed E-state index contributed by atoms with van der Waals surface area (Å²) in [7, 11) is 0. The Morgan fingerprint density at radius 1 is 1.13 bits per heavy atom. The maximum atomic E-state index is 7.86. The van der Waals surface area contributed by atoms with Gasteiger partial charge in [0.05, 0.1) is 0 Å². The minimum Gasteiger partial charge on any atom is -0.298 e. The van der Waals surface area contributed by atoms with Gasteiger partial charge in [0.25, 0.3) is 0 Å². The summed E-state index contributed by atoms with van der Waals surface area (Å²) >= 11 is 0. The van der Waals surface area contributed by atoms with Crippen molar-refractivity contribution >= 4 is 10.8 Å². The Labute approximate surface area is 145 Å². The second-order valence-electron chi connectivity index (χ2n) is 6.89. The SMILES string of the molecule is [2H]C([2H])([2H])N(C/C=C/C#CC(C)(C)C)Cc1ccc(C)c2ccccc12. The summed E-state index contributed by atoms with van der Waals surface area (Å²) in [6.07, 6.45) is 3.57. The van der Waals surface area contributed by atoms with Gasteiger partial charge in [0.15, 0.2) is 0 Å². The second-order valence-corrected chi connectivity index (χ2v) is 6.89. The molecule has 120 valence electrons. The molecule has 2 aromatic rings. The van der Waals surface area contributed by atoms with Gasteiger partial charge >= 0.3 is 0 Å². The van der Waals surface area contributed by atoms with Crippen LogP contribution in [-0.2, 0) is 6.54 Å². The zero-order chi connectivity index (χ0) is 19.4. The standard InChI is InChI=1S/C22H27N/c1-18-13-14-19(21-12-8-7-11-20(18)21)17-23(5)16-10-6-9-15-22(2,3)4/h6-8,10-14H,16-17H2,1-5H3/b10-6+/i5D3. The van der Waals surface area contributed by atoms with E-state index in [0.717, 1.165) is 10.9 Å². The Morgan fingerprint density at radius 3 is 2.57 bits per heavy atom. The molecule has 0 aliphatic carbocycles. The van der Waals surface area contributed by atoms with Crippen LogP contribution in [0.25, 0.3) is 10.8 Å². The number of hydrogen-bond donors (Lipinski definition) is 0. The molecule has 0 saturated heterocycles. The van der Waals surface area contributed by atoms with E-state index in [4.69, 9.17) is 4.11 Å². The molecule has 0 amide bonds. The fourth-order valence-electron chi connectivity index (χ4n) is 2.42. The van der Waals surface area contributed by atoms with Gasteiger partial charge < -0.3 is 0 Å².